The molecule has 0 spiro atoms. The van der Waals surface area contributed by atoms with Gasteiger partial charge in [-0.05, 0) is 25.7 Å². The van der Waals surface area contributed by atoms with Crippen molar-refractivity contribution < 1.29 is 0 Å². The maximum atomic E-state index is 6.34. The first-order valence-corrected chi connectivity index (χ1v) is 14.7. The summed E-state index contributed by atoms with van der Waals surface area (Å²) >= 11 is 4.10. The molecule has 0 rings (SSSR count). The Morgan fingerprint density at radius 2 is 1.17 bits per heavy atom. The molecule has 0 aliphatic rings. The van der Waals surface area contributed by atoms with Crippen LogP contribution in [0.5, 0.6) is 0 Å². The quantitative estimate of drug-likeness (QED) is 0.0969. The summed E-state index contributed by atoms with van der Waals surface area (Å²) in [6, 6.07) is 0. The van der Waals surface area contributed by atoms with Gasteiger partial charge in [-0.2, -0.15) is 28.6 Å². The van der Waals surface area contributed by atoms with Gasteiger partial charge in [0, 0.05) is 55.7 Å². The second kappa shape index (κ2) is 24.1. The van der Waals surface area contributed by atoms with E-state index in [2.05, 4.69) is 65.9 Å². The molecule has 1 unspecified atom stereocenters. The van der Waals surface area contributed by atoms with Crippen LogP contribution in [0, 0.1) is 0 Å². The van der Waals surface area contributed by atoms with Crippen LogP contribution in [0.2, 0.25) is 0 Å². The van der Waals surface area contributed by atoms with Crippen molar-refractivity contribution in [3.8, 4) is 0 Å². The third-order valence-corrected chi connectivity index (χ3v) is 6.99. The molecule has 0 fully saturated rings. The number of thioether (sulfide) groups is 2. The molecule has 30 heavy (non-hydrogen) atoms. The van der Waals surface area contributed by atoms with E-state index < -0.39 is 0 Å². The van der Waals surface area contributed by atoms with Crippen LogP contribution in [-0.4, -0.2) is 72.0 Å². The highest BCUT2D eigenvalue weighted by molar-refractivity contribution is 8.02. The van der Waals surface area contributed by atoms with Crippen molar-refractivity contribution in [2.24, 2.45) is 5.73 Å². The molecule has 0 saturated heterocycles. The summed E-state index contributed by atoms with van der Waals surface area (Å²) in [5, 5.41) is 4.47. The highest BCUT2D eigenvalue weighted by Crippen LogP contribution is 2.08. The van der Waals surface area contributed by atoms with E-state index in [1.165, 1.54) is 50.0 Å². The van der Waals surface area contributed by atoms with Gasteiger partial charge in [0.05, 0.1) is 6.17 Å². The van der Waals surface area contributed by atoms with Gasteiger partial charge in [-0.15, -0.1) is 0 Å². The van der Waals surface area contributed by atoms with Gasteiger partial charge in [-0.25, -0.2) is 15.9 Å². The van der Waals surface area contributed by atoms with E-state index in [0.717, 1.165) is 57.1 Å². The molecule has 1 atom stereocenters. The highest BCUT2D eigenvalue weighted by Gasteiger charge is 2.12. The number of rotatable bonds is 24. The summed E-state index contributed by atoms with van der Waals surface area (Å²) < 4.78 is 0. The highest BCUT2D eigenvalue weighted by atomic mass is 32.2. The fraction of sp³-hybridized carbons (Fsp3) is 1.00. The summed E-state index contributed by atoms with van der Waals surface area (Å²) in [7, 11) is 0. The van der Waals surface area contributed by atoms with E-state index >= 15 is 0 Å². The third-order valence-electron chi connectivity index (χ3n) is 4.80. The zero-order valence-electron chi connectivity index (χ0n) is 20.4. The first-order valence-electron chi connectivity index (χ1n) is 12.3. The minimum Gasteiger partial charge on any atom is -0.315 e. The smallest absolute Gasteiger partial charge is 0.0708 e. The lowest BCUT2D eigenvalue weighted by atomic mass is 10.3. The molecule has 0 saturated carbocycles. The molecule has 0 aromatic rings. The lowest BCUT2D eigenvalue weighted by Crippen LogP contribution is -2.51. The minimum atomic E-state index is 0.133. The fourth-order valence-electron chi connectivity index (χ4n) is 2.85. The maximum Gasteiger partial charge on any atom is 0.0708 e. The summed E-state index contributed by atoms with van der Waals surface area (Å²) in [5.74, 6) is 4.72. The Hall–Kier alpha value is 0.460. The molecule has 0 amide bonds. The Morgan fingerprint density at radius 3 is 1.67 bits per heavy atom. The SMILES string of the molecule is CCCCNN(CCSCCSCCN(NCCCC)C(N)CCC)NCCCC. The molecule has 0 radical (unpaired) electrons. The van der Waals surface area contributed by atoms with E-state index in [9.17, 15) is 0 Å². The van der Waals surface area contributed by atoms with E-state index in [0.29, 0.717) is 0 Å². The Bertz CT molecular complexity index is 329. The van der Waals surface area contributed by atoms with Crippen molar-refractivity contribution in [1.29, 1.82) is 0 Å². The van der Waals surface area contributed by atoms with Gasteiger partial charge in [0.1, 0.15) is 0 Å². The summed E-state index contributed by atoms with van der Waals surface area (Å²) in [6.07, 6.45) is 9.65. The van der Waals surface area contributed by atoms with Gasteiger partial charge in [0.15, 0.2) is 0 Å². The standard InChI is InChI=1S/C22H52N6S2/c1-5-9-13-24-27(22(23)12-8-4)16-18-29-20-21-30-19-17-28(25-14-10-6-2)26-15-11-7-3/h22,24-26H,5-21,23H2,1-4H3. The first kappa shape index (κ1) is 30.5. The Labute approximate surface area is 196 Å². The Morgan fingerprint density at radius 1 is 0.667 bits per heavy atom. The van der Waals surface area contributed by atoms with E-state index in [1.807, 2.05) is 11.8 Å². The molecule has 0 bridgehead atoms. The zero-order valence-corrected chi connectivity index (χ0v) is 22.0. The van der Waals surface area contributed by atoms with E-state index in [-0.39, 0.29) is 6.17 Å². The van der Waals surface area contributed by atoms with Crippen molar-refractivity contribution in [3.63, 3.8) is 0 Å². The summed E-state index contributed by atoms with van der Waals surface area (Å²) in [5.41, 5.74) is 16.9. The maximum absolute atomic E-state index is 6.34. The number of hydrogen-bond donors (Lipinski definition) is 4. The van der Waals surface area contributed by atoms with Crippen molar-refractivity contribution in [3.05, 3.63) is 0 Å². The molecular formula is C22H52N6S2. The molecule has 5 N–H and O–H groups in total. The largest absolute Gasteiger partial charge is 0.315 e. The minimum absolute atomic E-state index is 0.133. The molecule has 182 valence electrons. The molecule has 0 aromatic carbocycles. The van der Waals surface area contributed by atoms with Crippen LogP contribution in [0.4, 0.5) is 0 Å². The van der Waals surface area contributed by atoms with Crippen LogP contribution in [0.3, 0.4) is 0 Å². The van der Waals surface area contributed by atoms with Crippen molar-refractivity contribution in [1.82, 2.24) is 26.4 Å². The van der Waals surface area contributed by atoms with Crippen molar-refractivity contribution in [2.45, 2.75) is 85.2 Å². The number of hydrazine groups is 3. The van der Waals surface area contributed by atoms with Gasteiger partial charge in [0.25, 0.3) is 0 Å². The van der Waals surface area contributed by atoms with E-state index in [4.69, 9.17) is 5.73 Å². The average molecular weight is 465 g/mol. The number of nitrogens with zero attached hydrogens (tertiary/aromatic N) is 2. The number of unbranched alkanes of at least 4 members (excludes halogenated alkanes) is 3. The summed E-state index contributed by atoms with van der Waals surface area (Å²) in [6.45, 7) is 14.1. The third kappa shape index (κ3) is 19.2. The van der Waals surface area contributed by atoms with Crippen LogP contribution in [0.25, 0.3) is 0 Å². The van der Waals surface area contributed by atoms with Crippen LogP contribution in [-0.2, 0) is 0 Å². The number of hydrogen-bond acceptors (Lipinski definition) is 8. The Kier molecular flexibility index (Phi) is 24.5. The molecule has 6 nitrogen and oxygen atoms in total. The number of nitrogens with two attached hydrogens (primary N) is 1. The second-order valence-corrected chi connectivity index (χ2v) is 10.2. The molecule has 0 aliphatic heterocycles. The molecule has 0 heterocycles. The van der Waals surface area contributed by atoms with Gasteiger partial charge < -0.3 is 5.73 Å². The normalized spacial score (nSPS) is 12.9. The number of nitrogens with one attached hydrogen (secondary N) is 3. The zero-order chi connectivity index (χ0) is 22.3. The van der Waals surface area contributed by atoms with Crippen LogP contribution in [0.1, 0.15) is 79.1 Å². The van der Waals surface area contributed by atoms with Crippen LogP contribution >= 0.6 is 23.5 Å². The topological polar surface area (TPSA) is 68.6 Å². The van der Waals surface area contributed by atoms with Crippen LogP contribution in [0.15, 0.2) is 0 Å². The molecular weight excluding hydrogens is 412 g/mol. The van der Waals surface area contributed by atoms with Crippen molar-refractivity contribution >= 4 is 23.5 Å². The average Bonchev–Trinajstić information content (AvgIpc) is 2.74. The van der Waals surface area contributed by atoms with Gasteiger partial charge in [-0.3, -0.25) is 5.43 Å². The Balaban J connectivity index is 3.88. The molecule has 8 heteroatoms. The molecule has 0 aromatic heterocycles. The lowest BCUT2D eigenvalue weighted by Gasteiger charge is -2.29. The van der Waals surface area contributed by atoms with Crippen molar-refractivity contribution in [2.75, 3.05) is 55.7 Å². The monoisotopic (exact) mass is 464 g/mol. The van der Waals surface area contributed by atoms with E-state index in [1.54, 1.807) is 0 Å². The van der Waals surface area contributed by atoms with Gasteiger partial charge in [-0.1, -0.05) is 53.4 Å². The molecule has 0 aliphatic carbocycles. The van der Waals surface area contributed by atoms with Gasteiger partial charge in [0.2, 0.25) is 0 Å². The van der Waals surface area contributed by atoms with Gasteiger partial charge >= 0.3 is 0 Å². The predicted octanol–water partition coefficient (Wildman–Crippen LogP) is 4.06. The van der Waals surface area contributed by atoms with Crippen LogP contribution < -0.4 is 22.0 Å². The summed E-state index contributed by atoms with van der Waals surface area (Å²) in [4.78, 5) is 0. The fourth-order valence-corrected chi connectivity index (χ4v) is 4.84. The first-order chi connectivity index (χ1) is 14.7. The lowest BCUT2D eigenvalue weighted by molar-refractivity contribution is 0.122. The second-order valence-electron chi connectivity index (χ2n) is 7.71. The predicted molar refractivity (Wildman–Crippen MR) is 140 cm³/mol.